The van der Waals surface area contributed by atoms with Crippen molar-refractivity contribution in [2.24, 2.45) is 0 Å². The van der Waals surface area contributed by atoms with Gasteiger partial charge in [0.25, 0.3) is 0 Å². The third kappa shape index (κ3) is 2.51. The Kier molecular flexibility index (Phi) is 3.75. The molecule has 0 aliphatic rings. The van der Waals surface area contributed by atoms with E-state index in [4.69, 9.17) is 4.84 Å². The Hall–Kier alpha value is -1.58. The average molecular weight is 219 g/mol. The summed E-state index contributed by atoms with van der Waals surface area (Å²) in [5.41, 5.74) is 1.80. The molecule has 0 spiro atoms. The van der Waals surface area contributed by atoms with Gasteiger partial charge in [-0.25, -0.2) is 0 Å². The molecule has 0 fully saturated rings. The van der Waals surface area contributed by atoms with Gasteiger partial charge in [-0.1, -0.05) is 36.7 Å². The van der Waals surface area contributed by atoms with Crippen LogP contribution in [0.4, 0.5) is 0 Å². The first-order valence-electron chi connectivity index (χ1n) is 5.85. The number of benzene rings is 1. The van der Waals surface area contributed by atoms with Gasteiger partial charge >= 0.3 is 0 Å². The lowest BCUT2D eigenvalue weighted by molar-refractivity contribution is 0.0843. The van der Waals surface area contributed by atoms with Crippen molar-refractivity contribution in [3.8, 4) is 0 Å². The Morgan fingerprint density at radius 1 is 1.19 bits per heavy atom. The molecule has 0 aliphatic carbocycles. The first-order chi connectivity index (χ1) is 7.92. The SMILES string of the molecule is CCCCCCOn1nnc2ccccc21. The molecule has 0 radical (unpaired) electrons. The number of aromatic nitrogens is 3. The zero-order valence-electron chi connectivity index (χ0n) is 9.59. The summed E-state index contributed by atoms with van der Waals surface area (Å²) in [5.74, 6) is 0. The van der Waals surface area contributed by atoms with Crippen LogP contribution in [0.1, 0.15) is 32.6 Å². The van der Waals surface area contributed by atoms with E-state index in [9.17, 15) is 0 Å². The van der Waals surface area contributed by atoms with E-state index in [2.05, 4.69) is 17.2 Å². The molecular weight excluding hydrogens is 202 g/mol. The van der Waals surface area contributed by atoms with Crippen LogP contribution in [0.3, 0.4) is 0 Å². The van der Waals surface area contributed by atoms with Crippen molar-refractivity contribution in [3.63, 3.8) is 0 Å². The summed E-state index contributed by atoms with van der Waals surface area (Å²) in [7, 11) is 0. The van der Waals surface area contributed by atoms with Crippen molar-refractivity contribution in [2.45, 2.75) is 32.6 Å². The second kappa shape index (κ2) is 5.49. The summed E-state index contributed by atoms with van der Waals surface area (Å²) in [4.78, 5) is 7.06. The van der Waals surface area contributed by atoms with E-state index >= 15 is 0 Å². The fourth-order valence-electron chi connectivity index (χ4n) is 1.62. The van der Waals surface area contributed by atoms with Crippen LogP contribution in [0.2, 0.25) is 0 Å². The molecule has 0 unspecified atom stereocenters. The number of hydrogen-bond donors (Lipinski definition) is 0. The molecule has 1 aromatic heterocycles. The molecular formula is C12H17N3O. The van der Waals surface area contributed by atoms with Crippen LogP contribution in [0.25, 0.3) is 11.0 Å². The third-order valence-electron chi connectivity index (χ3n) is 2.53. The smallest absolute Gasteiger partial charge is 0.130 e. The molecule has 0 N–H and O–H groups in total. The van der Waals surface area contributed by atoms with Gasteiger partial charge in [0.1, 0.15) is 17.6 Å². The average Bonchev–Trinajstić information content (AvgIpc) is 2.73. The maximum Gasteiger partial charge on any atom is 0.130 e. The highest BCUT2D eigenvalue weighted by atomic mass is 16.7. The van der Waals surface area contributed by atoms with E-state index in [0.717, 1.165) is 17.5 Å². The highest BCUT2D eigenvalue weighted by Crippen LogP contribution is 2.08. The monoisotopic (exact) mass is 219 g/mol. The van der Waals surface area contributed by atoms with Crippen molar-refractivity contribution in [2.75, 3.05) is 6.61 Å². The van der Waals surface area contributed by atoms with Gasteiger partial charge in [-0.3, -0.25) is 0 Å². The van der Waals surface area contributed by atoms with Gasteiger partial charge in [0.2, 0.25) is 0 Å². The lowest BCUT2D eigenvalue weighted by atomic mass is 10.2. The summed E-state index contributed by atoms with van der Waals surface area (Å²) >= 11 is 0. The van der Waals surface area contributed by atoms with Gasteiger partial charge in [0.15, 0.2) is 0 Å². The van der Waals surface area contributed by atoms with Crippen LogP contribution in [0.15, 0.2) is 24.3 Å². The summed E-state index contributed by atoms with van der Waals surface area (Å²) in [5, 5.41) is 7.98. The molecule has 0 saturated heterocycles. The van der Waals surface area contributed by atoms with Gasteiger partial charge in [-0.15, -0.1) is 5.10 Å². The van der Waals surface area contributed by atoms with E-state index in [1.165, 1.54) is 24.1 Å². The molecule has 2 aromatic rings. The predicted octanol–water partition coefficient (Wildman–Crippen LogP) is 2.44. The summed E-state index contributed by atoms with van der Waals surface area (Å²) < 4.78 is 0. The van der Waals surface area contributed by atoms with E-state index in [0.29, 0.717) is 6.61 Å². The fraction of sp³-hybridized carbons (Fsp3) is 0.500. The first kappa shape index (κ1) is 10.9. The van der Waals surface area contributed by atoms with Crippen LogP contribution >= 0.6 is 0 Å². The first-order valence-corrected chi connectivity index (χ1v) is 5.85. The van der Waals surface area contributed by atoms with Crippen LogP contribution in [0, 0.1) is 0 Å². The topological polar surface area (TPSA) is 39.9 Å². The number of nitrogens with zero attached hydrogens (tertiary/aromatic N) is 3. The minimum Gasteiger partial charge on any atom is -0.395 e. The van der Waals surface area contributed by atoms with Gasteiger partial charge in [0.05, 0.1) is 0 Å². The molecule has 2 rings (SSSR count). The van der Waals surface area contributed by atoms with Crippen LogP contribution in [0.5, 0.6) is 0 Å². The summed E-state index contributed by atoms with van der Waals surface area (Å²) in [6, 6.07) is 7.80. The third-order valence-corrected chi connectivity index (χ3v) is 2.53. The Morgan fingerprint density at radius 2 is 2.06 bits per heavy atom. The number of hydrogen-bond acceptors (Lipinski definition) is 3. The number of rotatable bonds is 6. The lowest BCUT2D eigenvalue weighted by Gasteiger charge is -2.04. The zero-order chi connectivity index (χ0) is 11.2. The molecule has 0 bridgehead atoms. The normalized spacial score (nSPS) is 10.8. The largest absolute Gasteiger partial charge is 0.395 e. The van der Waals surface area contributed by atoms with Crippen molar-refractivity contribution < 1.29 is 4.84 Å². The van der Waals surface area contributed by atoms with E-state index in [1.54, 1.807) is 0 Å². The molecule has 4 nitrogen and oxygen atoms in total. The van der Waals surface area contributed by atoms with Crippen molar-refractivity contribution in [1.29, 1.82) is 0 Å². The zero-order valence-corrected chi connectivity index (χ0v) is 9.59. The van der Waals surface area contributed by atoms with Gasteiger partial charge in [-0.05, 0) is 30.2 Å². The Bertz CT molecular complexity index is 439. The summed E-state index contributed by atoms with van der Waals surface area (Å²) in [6.45, 7) is 2.90. The highest BCUT2D eigenvalue weighted by Gasteiger charge is 2.02. The Morgan fingerprint density at radius 3 is 2.94 bits per heavy atom. The second-order valence-corrected chi connectivity index (χ2v) is 3.84. The lowest BCUT2D eigenvalue weighted by Crippen LogP contribution is -2.14. The van der Waals surface area contributed by atoms with Crippen LogP contribution < -0.4 is 4.84 Å². The molecule has 0 aliphatic heterocycles. The minimum absolute atomic E-state index is 0.702. The molecule has 1 heterocycles. The maximum atomic E-state index is 5.55. The Labute approximate surface area is 95.2 Å². The quantitative estimate of drug-likeness (QED) is 0.700. The number of fused-ring (bicyclic) bond motifs is 1. The molecule has 0 amide bonds. The van der Waals surface area contributed by atoms with Crippen molar-refractivity contribution in [3.05, 3.63) is 24.3 Å². The molecule has 4 heteroatoms. The fourth-order valence-corrected chi connectivity index (χ4v) is 1.62. The van der Waals surface area contributed by atoms with Gasteiger partial charge < -0.3 is 4.84 Å². The molecule has 16 heavy (non-hydrogen) atoms. The highest BCUT2D eigenvalue weighted by molar-refractivity contribution is 5.73. The number of para-hydroxylation sites is 1. The molecule has 1 aromatic carbocycles. The van der Waals surface area contributed by atoms with Gasteiger partial charge in [-0.2, -0.15) is 0 Å². The Balaban J connectivity index is 1.89. The van der Waals surface area contributed by atoms with Crippen molar-refractivity contribution >= 4 is 11.0 Å². The van der Waals surface area contributed by atoms with Crippen LogP contribution in [-0.4, -0.2) is 21.8 Å². The standard InChI is InChI=1S/C12H17N3O/c1-2-3-4-7-10-16-15-12-9-6-5-8-11(12)13-14-15/h5-6,8-9H,2-4,7,10H2,1H3. The van der Waals surface area contributed by atoms with E-state index in [1.807, 2.05) is 24.3 Å². The maximum absolute atomic E-state index is 5.55. The van der Waals surface area contributed by atoms with E-state index < -0.39 is 0 Å². The molecule has 0 atom stereocenters. The second-order valence-electron chi connectivity index (χ2n) is 3.84. The minimum atomic E-state index is 0.702. The van der Waals surface area contributed by atoms with E-state index in [-0.39, 0.29) is 0 Å². The predicted molar refractivity (Wildman–Crippen MR) is 63.1 cm³/mol. The number of unbranched alkanes of at least 4 members (excludes halogenated alkanes) is 3. The van der Waals surface area contributed by atoms with Crippen LogP contribution in [-0.2, 0) is 0 Å². The molecule has 86 valence electrons. The summed E-state index contributed by atoms with van der Waals surface area (Å²) in [6.07, 6.45) is 4.79. The van der Waals surface area contributed by atoms with Crippen molar-refractivity contribution in [1.82, 2.24) is 15.2 Å². The van der Waals surface area contributed by atoms with Gasteiger partial charge in [0, 0.05) is 0 Å². The molecule has 0 saturated carbocycles.